The van der Waals surface area contributed by atoms with Crippen LogP contribution >= 0.6 is 15.9 Å². The maximum absolute atomic E-state index is 9.25. The predicted octanol–water partition coefficient (Wildman–Crippen LogP) is 3.83. The van der Waals surface area contributed by atoms with Crippen LogP contribution in [0.2, 0.25) is 0 Å². The number of halogens is 1. The highest BCUT2D eigenvalue weighted by Gasteiger charge is 2.10. The highest BCUT2D eigenvalue weighted by molar-refractivity contribution is 9.10. The Morgan fingerprint density at radius 2 is 2.17 bits per heavy atom. The van der Waals surface area contributed by atoms with Crippen molar-refractivity contribution in [2.75, 3.05) is 5.32 Å². The van der Waals surface area contributed by atoms with Crippen LogP contribution in [0.1, 0.15) is 17.2 Å². The third-order valence-corrected chi connectivity index (χ3v) is 2.95. The van der Waals surface area contributed by atoms with Crippen molar-refractivity contribution in [1.82, 2.24) is 4.98 Å². The third-order valence-electron chi connectivity index (χ3n) is 2.52. The minimum Gasteiger partial charge on any atom is -0.366 e. The molecule has 0 amide bonds. The molecular formula is C14H12BrN3. The Labute approximate surface area is 115 Å². The highest BCUT2D eigenvalue weighted by atomic mass is 79.9. The molecule has 0 saturated carbocycles. The van der Waals surface area contributed by atoms with E-state index in [2.05, 4.69) is 32.3 Å². The molecule has 0 aliphatic heterocycles. The van der Waals surface area contributed by atoms with Crippen molar-refractivity contribution in [1.29, 1.82) is 5.26 Å². The maximum atomic E-state index is 9.25. The Kier molecular flexibility index (Phi) is 3.96. The molecule has 1 atom stereocenters. The van der Waals surface area contributed by atoms with Crippen LogP contribution in [0.25, 0.3) is 0 Å². The SMILES string of the molecule is Cc1cccc(NC(C#N)c2cncc(Br)c2)c1. The summed E-state index contributed by atoms with van der Waals surface area (Å²) in [6.45, 7) is 2.02. The Hall–Kier alpha value is -1.86. The van der Waals surface area contributed by atoms with E-state index in [-0.39, 0.29) is 0 Å². The lowest BCUT2D eigenvalue weighted by molar-refractivity contribution is 0.979. The summed E-state index contributed by atoms with van der Waals surface area (Å²) >= 11 is 3.36. The number of nitrogens with one attached hydrogen (secondary N) is 1. The molecule has 0 aliphatic rings. The van der Waals surface area contributed by atoms with E-state index in [9.17, 15) is 5.26 Å². The van der Waals surface area contributed by atoms with E-state index < -0.39 is 6.04 Å². The van der Waals surface area contributed by atoms with Gasteiger partial charge in [-0.2, -0.15) is 5.26 Å². The van der Waals surface area contributed by atoms with Crippen LogP contribution in [-0.2, 0) is 0 Å². The second-order valence-corrected chi connectivity index (χ2v) is 4.93. The Morgan fingerprint density at radius 3 is 2.83 bits per heavy atom. The van der Waals surface area contributed by atoms with E-state index in [1.54, 1.807) is 12.4 Å². The van der Waals surface area contributed by atoms with E-state index in [1.807, 2.05) is 37.3 Å². The van der Waals surface area contributed by atoms with E-state index in [0.29, 0.717) is 0 Å². The van der Waals surface area contributed by atoms with Gasteiger partial charge in [-0.25, -0.2) is 0 Å². The zero-order chi connectivity index (χ0) is 13.0. The van der Waals surface area contributed by atoms with Crippen molar-refractivity contribution in [3.63, 3.8) is 0 Å². The Bertz CT molecular complexity index is 590. The van der Waals surface area contributed by atoms with Gasteiger partial charge < -0.3 is 5.32 Å². The van der Waals surface area contributed by atoms with Gasteiger partial charge in [-0.3, -0.25) is 4.98 Å². The van der Waals surface area contributed by atoms with Crippen LogP contribution in [0, 0.1) is 18.3 Å². The van der Waals surface area contributed by atoms with E-state index in [0.717, 1.165) is 21.3 Å². The standard InChI is InChI=1S/C14H12BrN3/c1-10-3-2-4-13(5-10)18-14(7-16)11-6-12(15)9-17-8-11/h2-6,8-9,14,18H,1H3. The van der Waals surface area contributed by atoms with Crippen molar-refractivity contribution in [2.45, 2.75) is 13.0 Å². The van der Waals surface area contributed by atoms with Crippen molar-refractivity contribution in [2.24, 2.45) is 0 Å². The van der Waals surface area contributed by atoms with Gasteiger partial charge in [0.05, 0.1) is 6.07 Å². The molecule has 0 fully saturated rings. The summed E-state index contributed by atoms with van der Waals surface area (Å²) in [4.78, 5) is 4.07. The van der Waals surface area contributed by atoms with Crippen LogP contribution in [0.5, 0.6) is 0 Å². The van der Waals surface area contributed by atoms with Crippen LogP contribution in [0.15, 0.2) is 47.2 Å². The zero-order valence-corrected chi connectivity index (χ0v) is 11.5. The fourth-order valence-electron chi connectivity index (χ4n) is 1.68. The molecule has 2 aromatic rings. The maximum Gasteiger partial charge on any atom is 0.141 e. The molecule has 1 heterocycles. The van der Waals surface area contributed by atoms with Gasteiger partial charge in [-0.1, -0.05) is 12.1 Å². The average molecular weight is 302 g/mol. The summed E-state index contributed by atoms with van der Waals surface area (Å²) in [5.74, 6) is 0. The monoisotopic (exact) mass is 301 g/mol. The Balaban J connectivity index is 2.23. The van der Waals surface area contributed by atoms with Gasteiger partial charge in [0.1, 0.15) is 6.04 Å². The molecule has 1 aromatic heterocycles. The molecule has 90 valence electrons. The number of nitriles is 1. The van der Waals surface area contributed by atoms with Crippen LogP contribution in [0.4, 0.5) is 5.69 Å². The number of hydrogen-bond acceptors (Lipinski definition) is 3. The first kappa shape index (κ1) is 12.6. The highest BCUT2D eigenvalue weighted by Crippen LogP contribution is 2.21. The largest absolute Gasteiger partial charge is 0.366 e. The minimum atomic E-state index is -0.406. The van der Waals surface area contributed by atoms with E-state index >= 15 is 0 Å². The van der Waals surface area contributed by atoms with Crippen molar-refractivity contribution in [3.05, 3.63) is 58.3 Å². The third kappa shape index (κ3) is 3.08. The van der Waals surface area contributed by atoms with E-state index in [4.69, 9.17) is 0 Å². The molecule has 2 rings (SSSR count). The second-order valence-electron chi connectivity index (χ2n) is 4.01. The number of aryl methyl sites for hydroxylation is 1. The molecule has 1 N–H and O–H groups in total. The van der Waals surface area contributed by atoms with E-state index in [1.165, 1.54) is 0 Å². The summed E-state index contributed by atoms with van der Waals surface area (Å²) in [6.07, 6.45) is 3.39. The van der Waals surface area contributed by atoms with Crippen LogP contribution in [0.3, 0.4) is 0 Å². The summed E-state index contributed by atoms with van der Waals surface area (Å²) in [5.41, 5.74) is 2.93. The summed E-state index contributed by atoms with van der Waals surface area (Å²) in [5, 5.41) is 12.4. The molecular weight excluding hydrogens is 290 g/mol. The van der Waals surface area contributed by atoms with Crippen LogP contribution in [-0.4, -0.2) is 4.98 Å². The summed E-state index contributed by atoms with van der Waals surface area (Å²) in [7, 11) is 0. The lowest BCUT2D eigenvalue weighted by Crippen LogP contribution is -2.08. The van der Waals surface area contributed by atoms with Gasteiger partial charge in [0.15, 0.2) is 0 Å². The van der Waals surface area contributed by atoms with Gasteiger partial charge in [0.2, 0.25) is 0 Å². The minimum absolute atomic E-state index is 0.406. The number of hydrogen-bond donors (Lipinski definition) is 1. The number of nitrogens with zero attached hydrogens (tertiary/aromatic N) is 2. The fraction of sp³-hybridized carbons (Fsp3) is 0.143. The normalized spacial score (nSPS) is 11.6. The smallest absolute Gasteiger partial charge is 0.141 e. The lowest BCUT2D eigenvalue weighted by Gasteiger charge is -2.13. The Morgan fingerprint density at radius 1 is 1.33 bits per heavy atom. The fourth-order valence-corrected chi connectivity index (χ4v) is 2.06. The number of pyridine rings is 1. The summed E-state index contributed by atoms with van der Waals surface area (Å²) < 4.78 is 0.867. The van der Waals surface area contributed by atoms with Crippen LogP contribution < -0.4 is 5.32 Å². The van der Waals surface area contributed by atoms with Gasteiger partial charge in [0, 0.05) is 28.1 Å². The first-order valence-corrected chi connectivity index (χ1v) is 6.31. The van der Waals surface area contributed by atoms with Crippen molar-refractivity contribution in [3.8, 4) is 6.07 Å². The topological polar surface area (TPSA) is 48.7 Å². The lowest BCUT2D eigenvalue weighted by atomic mass is 10.1. The van der Waals surface area contributed by atoms with Gasteiger partial charge in [-0.15, -0.1) is 0 Å². The molecule has 1 aromatic carbocycles. The number of rotatable bonds is 3. The second kappa shape index (κ2) is 5.65. The molecule has 0 aliphatic carbocycles. The first-order chi connectivity index (χ1) is 8.69. The predicted molar refractivity (Wildman–Crippen MR) is 75.1 cm³/mol. The van der Waals surface area contributed by atoms with Crippen molar-refractivity contribution >= 4 is 21.6 Å². The molecule has 0 bridgehead atoms. The molecule has 3 nitrogen and oxygen atoms in total. The first-order valence-electron chi connectivity index (χ1n) is 5.52. The number of benzene rings is 1. The molecule has 4 heteroatoms. The molecule has 0 saturated heterocycles. The number of anilines is 1. The summed E-state index contributed by atoms with van der Waals surface area (Å²) in [6, 6.07) is 11.7. The van der Waals surface area contributed by atoms with Gasteiger partial charge in [-0.05, 0) is 46.6 Å². The quantitative estimate of drug-likeness (QED) is 0.937. The average Bonchev–Trinajstić information content (AvgIpc) is 2.36. The molecule has 1 unspecified atom stereocenters. The van der Waals surface area contributed by atoms with Gasteiger partial charge >= 0.3 is 0 Å². The van der Waals surface area contributed by atoms with Gasteiger partial charge in [0.25, 0.3) is 0 Å². The zero-order valence-electron chi connectivity index (χ0n) is 9.89. The molecule has 18 heavy (non-hydrogen) atoms. The number of aromatic nitrogens is 1. The van der Waals surface area contributed by atoms with Crippen molar-refractivity contribution < 1.29 is 0 Å². The molecule has 0 radical (unpaired) electrons. The molecule has 0 spiro atoms.